The quantitative estimate of drug-likeness (QED) is 0.656. The topological polar surface area (TPSA) is 26.0 Å². The lowest BCUT2D eigenvalue weighted by Gasteiger charge is -2.03. The molecule has 0 fully saturated rings. The summed E-state index contributed by atoms with van der Waals surface area (Å²) < 4.78 is 26.0. The zero-order valence-electron chi connectivity index (χ0n) is 7.69. The Hall–Kier alpha value is -0.480. The van der Waals surface area contributed by atoms with Gasteiger partial charge in [-0.1, -0.05) is 0 Å². The molecule has 0 aromatic heterocycles. The monoisotopic (exact) mass is 263 g/mol. The lowest BCUT2D eigenvalue weighted by Crippen LogP contribution is -1.99. The van der Waals surface area contributed by atoms with Gasteiger partial charge in [0.15, 0.2) is 11.6 Å². The standard InChI is InChI=1S/C10H12BrF2N/c11-8-5-7(3-1-2-4-14)6-9(12)10(8)13/h5-6H,1-4,14H2. The van der Waals surface area contributed by atoms with Crippen LogP contribution < -0.4 is 5.73 Å². The van der Waals surface area contributed by atoms with Crippen molar-refractivity contribution < 1.29 is 8.78 Å². The molecule has 0 atom stereocenters. The average Bonchev–Trinajstić information content (AvgIpc) is 2.14. The minimum Gasteiger partial charge on any atom is -0.330 e. The summed E-state index contributed by atoms with van der Waals surface area (Å²) in [6.07, 6.45) is 2.53. The van der Waals surface area contributed by atoms with Crippen LogP contribution in [0.25, 0.3) is 0 Å². The molecular weight excluding hydrogens is 252 g/mol. The van der Waals surface area contributed by atoms with E-state index in [0.29, 0.717) is 6.54 Å². The van der Waals surface area contributed by atoms with Crippen LogP contribution >= 0.6 is 15.9 Å². The fraction of sp³-hybridized carbons (Fsp3) is 0.400. The van der Waals surface area contributed by atoms with Gasteiger partial charge in [0.1, 0.15) is 0 Å². The summed E-state index contributed by atoms with van der Waals surface area (Å²) in [5.74, 6) is -1.63. The number of rotatable bonds is 4. The highest BCUT2D eigenvalue weighted by Crippen LogP contribution is 2.21. The van der Waals surface area contributed by atoms with Gasteiger partial charge in [0.2, 0.25) is 0 Å². The molecule has 1 rings (SSSR count). The number of aryl methyl sites for hydroxylation is 1. The van der Waals surface area contributed by atoms with Crippen molar-refractivity contribution in [1.82, 2.24) is 0 Å². The molecule has 14 heavy (non-hydrogen) atoms. The number of benzene rings is 1. The maximum Gasteiger partial charge on any atom is 0.172 e. The van der Waals surface area contributed by atoms with E-state index in [0.717, 1.165) is 24.8 Å². The van der Waals surface area contributed by atoms with E-state index in [4.69, 9.17) is 5.73 Å². The molecule has 0 saturated carbocycles. The van der Waals surface area contributed by atoms with Gasteiger partial charge in [-0.15, -0.1) is 0 Å². The maximum absolute atomic E-state index is 12.9. The number of unbranched alkanes of at least 4 members (excludes halogenated alkanes) is 1. The first kappa shape index (κ1) is 11.6. The highest BCUT2D eigenvalue weighted by atomic mass is 79.9. The molecule has 1 nitrogen and oxygen atoms in total. The first-order valence-electron chi connectivity index (χ1n) is 4.48. The smallest absolute Gasteiger partial charge is 0.172 e. The molecule has 0 spiro atoms. The number of halogens is 3. The van der Waals surface area contributed by atoms with E-state index in [1.165, 1.54) is 6.07 Å². The second-order valence-corrected chi connectivity index (χ2v) is 3.97. The fourth-order valence-electron chi connectivity index (χ4n) is 1.23. The van der Waals surface area contributed by atoms with Gasteiger partial charge in [0.25, 0.3) is 0 Å². The summed E-state index contributed by atoms with van der Waals surface area (Å²) in [4.78, 5) is 0. The first-order valence-corrected chi connectivity index (χ1v) is 5.28. The van der Waals surface area contributed by atoms with Crippen molar-refractivity contribution >= 4 is 15.9 Å². The molecule has 0 aliphatic carbocycles. The second-order valence-electron chi connectivity index (χ2n) is 3.12. The van der Waals surface area contributed by atoms with Crippen LogP contribution in [-0.2, 0) is 6.42 Å². The Morgan fingerprint density at radius 1 is 1.21 bits per heavy atom. The van der Waals surface area contributed by atoms with Gasteiger partial charge in [-0.2, -0.15) is 0 Å². The maximum atomic E-state index is 12.9. The van der Waals surface area contributed by atoms with E-state index in [9.17, 15) is 8.78 Å². The van der Waals surface area contributed by atoms with Crippen LogP contribution in [0.1, 0.15) is 18.4 Å². The van der Waals surface area contributed by atoms with E-state index >= 15 is 0 Å². The third-order valence-electron chi connectivity index (χ3n) is 1.96. The van der Waals surface area contributed by atoms with Crippen molar-refractivity contribution in [2.24, 2.45) is 5.73 Å². The van der Waals surface area contributed by atoms with Gasteiger partial charge in [-0.3, -0.25) is 0 Å². The van der Waals surface area contributed by atoms with Crippen LogP contribution in [0, 0.1) is 11.6 Å². The predicted molar refractivity (Wildman–Crippen MR) is 56.1 cm³/mol. The number of nitrogens with two attached hydrogens (primary N) is 1. The van der Waals surface area contributed by atoms with Crippen molar-refractivity contribution in [3.05, 3.63) is 33.8 Å². The Kier molecular flexibility index (Phi) is 4.48. The summed E-state index contributed by atoms with van der Waals surface area (Å²) in [5, 5.41) is 0. The molecule has 0 amide bonds. The third kappa shape index (κ3) is 3.03. The van der Waals surface area contributed by atoms with E-state index in [1.807, 2.05) is 0 Å². The Bertz CT molecular complexity index is 292. The molecule has 78 valence electrons. The Morgan fingerprint density at radius 3 is 2.50 bits per heavy atom. The minimum atomic E-state index is -0.826. The van der Waals surface area contributed by atoms with Crippen molar-refractivity contribution in [2.45, 2.75) is 19.3 Å². The Balaban J connectivity index is 2.69. The van der Waals surface area contributed by atoms with Gasteiger partial charge in [-0.05, 0) is 59.4 Å². The molecule has 0 aliphatic heterocycles. The second kappa shape index (κ2) is 5.41. The van der Waals surface area contributed by atoms with Crippen LogP contribution in [0.4, 0.5) is 8.78 Å². The Labute approximate surface area is 90.4 Å². The highest BCUT2D eigenvalue weighted by molar-refractivity contribution is 9.10. The van der Waals surface area contributed by atoms with E-state index in [2.05, 4.69) is 15.9 Å². The minimum absolute atomic E-state index is 0.181. The zero-order chi connectivity index (χ0) is 10.6. The van der Waals surface area contributed by atoms with Gasteiger partial charge < -0.3 is 5.73 Å². The van der Waals surface area contributed by atoms with Crippen molar-refractivity contribution in [1.29, 1.82) is 0 Å². The van der Waals surface area contributed by atoms with Crippen LogP contribution in [0.2, 0.25) is 0 Å². The van der Waals surface area contributed by atoms with Crippen LogP contribution in [0.15, 0.2) is 16.6 Å². The average molecular weight is 264 g/mol. The molecule has 2 N–H and O–H groups in total. The SMILES string of the molecule is NCCCCc1cc(F)c(F)c(Br)c1. The van der Waals surface area contributed by atoms with Gasteiger partial charge >= 0.3 is 0 Å². The normalized spacial score (nSPS) is 10.6. The molecule has 0 aliphatic rings. The summed E-state index contributed by atoms with van der Waals surface area (Å²) >= 11 is 2.97. The number of hydrogen-bond donors (Lipinski definition) is 1. The highest BCUT2D eigenvalue weighted by Gasteiger charge is 2.07. The Morgan fingerprint density at radius 2 is 1.93 bits per heavy atom. The molecule has 0 radical (unpaired) electrons. The fourth-order valence-corrected chi connectivity index (χ4v) is 1.71. The van der Waals surface area contributed by atoms with Gasteiger partial charge in [0.05, 0.1) is 4.47 Å². The molecular formula is C10H12BrF2N. The van der Waals surface area contributed by atoms with Crippen LogP contribution in [-0.4, -0.2) is 6.54 Å². The van der Waals surface area contributed by atoms with Crippen LogP contribution in [0.3, 0.4) is 0 Å². The lowest BCUT2D eigenvalue weighted by atomic mass is 10.1. The molecule has 0 saturated heterocycles. The zero-order valence-corrected chi connectivity index (χ0v) is 9.28. The van der Waals surface area contributed by atoms with E-state index < -0.39 is 11.6 Å². The molecule has 0 bridgehead atoms. The van der Waals surface area contributed by atoms with Gasteiger partial charge in [0, 0.05) is 0 Å². The van der Waals surface area contributed by atoms with Crippen molar-refractivity contribution in [2.75, 3.05) is 6.54 Å². The predicted octanol–water partition coefficient (Wildman–Crippen LogP) is 3.01. The first-order chi connectivity index (χ1) is 6.65. The molecule has 4 heteroatoms. The molecule has 1 aromatic rings. The van der Waals surface area contributed by atoms with Gasteiger partial charge in [-0.25, -0.2) is 8.78 Å². The molecule has 1 aromatic carbocycles. The van der Waals surface area contributed by atoms with Crippen molar-refractivity contribution in [3.8, 4) is 0 Å². The van der Waals surface area contributed by atoms with Crippen molar-refractivity contribution in [3.63, 3.8) is 0 Å². The summed E-state index contributed by atoms with van der Waals surface area (Å²) in [7, 11) is 0. The summed E-state index contributed by atoms with van der Waals surface area (Å²) in [6.45, 7) is 0.630. The summed E-state index contributed by atoms with van der Waals surface area (Å²) in [5.41, 5.74) is 6.13. The largest absolute Gasteiger partial charge is 0.330 e. The van der Waals surface area contributed by atoms with Crippen LogP contribution in [0.5, 0.6) is 0 Å². The number of hydrogen-bond acceptors (Lipinski definition) is 1. The molecule has 0 unspecified atom stereocenters. The third-order valence-corrected chi connectivity index (χ3v) is 2.54. The van der Waals surface area contributed by atoms with E-state index in [-0.39, 0.29) is 4.47 Å². The lowest BCUT2D eigenvalue weighted by molar-refractivity contribution is 0.502. The van der Waals surface area contributed by atoms with E-state index in [1.54, 1.807) is 6.07 Å². The summed E-state index contributed by atoms with van der Waals surface area (Å²) in [6, 6.07) is 2.84. The molecule has 0 heterocycles.